The molecule has 0 N–H and O–H groups in total. The van der Waals surface area contributed by atoms with Gasteiger partial charge in [-0.05, 0) is 26.0 Å². The van der Waals surface area contributed by atoms with Crippen LogP contribution in [-0.2, 0) is 0 Å². The highest BCUT2D eigenvalue weighted by atomic mass is 35.8. The second-order valence-corrected chi connectivity index (χ2v) is 13.1. The molecule has 106 valence electrons. The fourth-order valence-electron chi connectivity index (χ4n) is 1.72. The fourth-order valence-corrected chi connectivity index (χ4v) is 3.47. The van der Waals surface area contributed by atoms with Gasteiger partial charge < -0.3 is 4.90 Å². The summed E-state index contributed by atoms with van der Waals surface area (Å²) in [5, 5.41) is 0. The molecule has 0 aliphatic rings. The van der Waals surface area contributed by atoms with Crippen LogP contribution in [0, 0.1) is 0 Å². The van der Waals surface area contributed by atoms with Gasteiger partial charge in [-0.15, -0.1) is 33.2 Å². The van der Waals surface area contributed by atoms with Crippen LogP contribution in [0.15, 0.2) is 30.3 Å². The molecule has 7 heteroatoms. The van der Waals surface area contributed by atoms with E-state index in [0.717, 1.165) is 5.69 Å². The van der Waals surface area contributed by atoms with Crippen molar-refractivity contribution in [2.75, 3.05) is 24.2 Å². The van der Waals surface area contributed by atoms with Gasteiger partial charge in [-0.3, -0.25) is 4.90 Å². The van der Waals surface area contributed by atoms with E-state index in [1.807, 2.05) is 44.2 Å². The maximum absolute atomic E-state index is 12.5. The molecule has 0 aliphatic heterocycles. The number of halogens is 3. The third-order valence-electron chi connectivity index (χ3n) is 2.67. The first kappa shape index (κ1) is 16.6. The molecule has 19 heavy (non-hydrogen) atoms. The molecule has 0 saturated heterocycles. The molecule has 0 bridgehead atoms. The second-order valence-electron chi connectivity index (χ2n) is 3.99. The Morgan fingerprint density at radius 1 is 1.11 bits per heavy atom. The summed E-state index contributed by atoms with van der Waals surface area (Å²) in [6.07, 6.45) is 0.150. The van der Waals surface area contributed by atoms with Gasteiger partial charge in [-0.1, -0.05) is 18.2 Å². The number of rotatable bonds is 5. The molecule has 0 unspecified atom stereocenters. The van der Waals surface area contributed by atoms with E-state index in [2.05, 4.69) is 0 Å². The third kappa shape index (κ3) is 5.22. The smallest absolute Gasteiger partial charge is 0.325 e. The first-order valence-electron chi connectivity index (χ1n) is 6.07. The van der Waals surface area contributed by atoms with Crippen LogP contribution in [-0.4, -0.2) is 36.2 Å². The summed E-state index contributed by atoms with van der Waals surface area (Å²) in [5.41, 5.74) is 0.748. The summed E-state index contributed by atoms with van der Waals surface area (Å²) in [7, 11) is 0. The Balaban J connectivity index is 3.03. The molecule has 1 aromatic carbocycles. The molecule has 2 amide bonds. The van der Waals surface area contributed by atoms with Crippen LogP contribution >= 0.6 is 33.2 Å². The zero-order valence-corrected chi connectivity index (χ0v) is 14.2. The van der Waals surface area contributed by atoms with Gasteiger partial charge in [0.25, 0.3) is 0 Å². The number of benzene rings is 1. The first-order valence-corrected chi connectivity index (χ1v) is 11.3. The molecule has 0 aromatic heterocycles. The van der Waals surface area contributed by atoms with Crippen LogP contribution in [0.25, 0.3) is 0 Å². The maximum Gasteiger partial charge on any atom is 0.360 e. The molecule has 0 heterocycles. The van der Waals surface area contributed by atoms with Gasteiger partial charge in [0.15, 0.2) is 0 Å². The summed E-state index contributed by atoms with van der Waals surface area (Å²) < 4.78 is 0. The van der Waals surface area contributed by atoms with E-state index in [1.54, 1.807) is 9.80 Å². The van der Waals surface area contributed by atoms with E-state index in [9.17, 15) is 4.79 Å². The van der Waals surface area contributed by atoms with Crippen molar-refractivity contribution >= 4 is 51.0 Å². The number of anilines is 1. The quantitative estimate of drug-likeness (QED) is 0.584. The SMILES string of the molecule is CCN(CC)C(=O)N(C[Si](Cl)(Cl)Cl)c1ccccc1. The minimum absolute atomic E-state index is 0.130. The van der Waals surface area contributed by atoms with Crippen molar-refractivity contribution in [1.82, 2.24) is 4.90 Å². The van der Waals surface area contributed by atoms with E-state index in [1.165, 1.54) is 0 Å². The van der Waals surface area contributed by atoms with Gasteiger partial charge in [-0.25, -0.2) is 4.79 Å². The summed E-state index contributed by atoms with van der Waals surface area (Å²) >= 11 is 17.9. The van der Waals surface area contributed by atoms with E-state index < -0.39 is 6.00 Å². The highest BCUT2D eigenvalue weighted by Crippen LogP contribution is 2.25. The van der Waals surface area contributed by atoms with Crippen LogP contribution in [0.3, 0.4) is 0 Å². The average molecular weight is 340 g/mol. The number of urea groups is 1. The molecular weight excluding hydrogens is 323 g/mol. The van der Waals surface area contributed by atoms with Crippen molar-refractivity contribution < 1.29 is 4.79 Å². The van der Waals surface area contributed by atoms with Crippen molar-refractivity contribution in [2.45, 2.75) is 13.8 Å². The molecule has 1 rings (SSSR count). The Kier molecular flexibility index (Phi) is 6.46. The highest BCUT2D eigenvalue weighted by Gasteiger charge is 2.33. The second kappa shape index (κ2) is 7.38. The molecular formula is C12H17Cl3N2OSi. The number of hydrogen-bond donors (Lipinski definition) is 0. The summed E-state index contributed by atoms with van der Waals surface area (Å²) in [4.78, 5) is 15.7. The number of nitrogens with zero attached hydrogens (tertiary/aromatic N) is 2. The number of carbonyl (C=O) groups excluding carboxylic acids is 1. The minimum atomic E-state index is -2.94. The topological polar surface area (TPSA) is 23.6 Å². The Morgan fingerprint density at radius 2 is 1.63 bits per heavy atom. The van der Waals surface area contributed by atoms with E-state index in [0.29, 0.717) is 13.1 Å². The van der Waals surface area contributed by atoms with Gasteiger partial charge in [0.1, 0.15) is 0 Å². The normalized spacial score (nSPS) is 11.2. The fraction of sp³-hybridized carbons (Fsp3) is 0.417. The molecule has 0 aliphatic carbocycles. The minimum Gasteiger partial charge on any atom is -0.325 e. The van der Waals surface area contributed by atoms with Crippen molar-refractivity contribution in [3.63, 3.8) is 0 Å². The van der Waals surface area contributed by atoms with E-state index in [4.69, 9.17) is 33.2 Å². The summed E-state index contributed by atoms with van der Waals surface area (Å²) in [6, 6.07) is 6.21. The number of para-hydroxylation sites is 1. The molecule has 0 spiro atoms. The summed E-state index contributed by atoms with van der Waals surface area (Å²) in [6.45, 7) is 5.11. The molecule has 0 fully saturated rings. The average Bonchev–Trinajstić information content (AvgIpc) is 2.37. The van der Waals surface area contributed by atoms with Crippen molar-refractivity contribution in [3.05, 3.63) is 30.3 Å². The van der Waals surface area contributed by atoms with E-state index in [-0.39, 0.29) is 12.2 Å². The van der Waals surface area contributed by atoms with Gasteiger partial charge in [-0.2, -0.15) is 0 Å². The van der Waals surface area contributed by atoms with Crippen LogP contribution < -0.4 is 4.90 Å². The lowest BCUT2D eigenvalue weighted by Crippen LogP contribution is -2.47. The van der Waals surface area contributed by atoms with Crippen LogP contribution in [0.2, 0.25) is 0 Å². The number of amides is 2. The predicted molar refractivity (Wildman–Crippen MR) is 85.4 cm³/mol. The van der Waals surface area contributed by atoms with Crippen molar-refractivity contribution in [3.8, 4) is 0 Å². The highest BCUT2D eigenvalue weighted by molar-refractivity contribution is 7.65. The zero-order chi connectivity index (χ0) is 14.5. The van der Waals surface area contributed by atoms with Crippen LogP contribution in [0.4, 0.5) is 10.5 Å². The largest absolute Gasteiger partial charge is 0.360 e. The molecule has 0 radical (unpaired) electrons. The third-order valence-corrected chi connectivity index (χ3v) is 4.42. The molecule has 1 aromatic rings. The Bertz CT molecular complexity index is 407. The number of hydrogen-bond acceptors (Lipinski definition) is 1. The van der Waals surface area contributed by atoms with Crippen molar-refractivity contribution in [1.29, 1.82) is 0 Å². The standard InChI is InChI=1S/C12H17Cl3N2OSi/c1-3-16(4-2)12(18)17(10-19(13,14)15)11-8-6-5-7-9-11/h5-9H,3-4,10H2,1-2H3. The van der Waals surface area contributed by atoms with E-state index >= 15 is 0 Å². The monoisotopic (exact) mass is 338 g/mol. The Labute approximate surface area is 129 Å². The van der Waals surface area contributed by atoms with Crippen LogP contribution in [0.5, 0.6) is 0 Å². The Hall–Kier alpha value is -0.423. The van der Waals surface area contributed by atoms with Crippen molar-refractivity contribution in [2.24, 2.45) is 0 Å². The lowest BCUT2D eigenvalue weighted by Gasteiger charge is -2.30. The lowest BCUT2D eigenvalue weighted by atomic mass is 10.3. The zero-order valence-electron chi connectivity index (χ0n) is 10.9. The van der Waals surface area contributed by atoms with Gasteiger partial charge in [0.2, 0.25) is 0 Å². The molecule has 0 saturated carbocycles. The lowest BCUT2D eigenvalue weighted by molar-refractivity contribution is 0.211. The summed E-state index contributed by atoms with van der Waals surface area (Å²) in [5.74, 6) is 0. The Morgan fingerprint density at radius 3 is 2.05 bits per heavy atom. The van der Waals surface area contributed by atoms with Gasteiger partial charge in [0, 0.05) is 18.8 Å². The number of carbonyl (C=O) groups is 1. The molecule has 3 nitrogen and oxygen atoms in total. The van der Waals surface area contributed by atoms with Crippen LogP contribution in [0.1, 0.15) is 13.8 Å². The van der Waals surface area contributed by atoms with Gasteiger partial charge >= 0.3 is 12.0 Å². The molecule has 0 atom stereocenters. The maximum atomic E-state index is 12.5. The van der Waals surface area contributed by atoms with Gasteiger partial charge in [0.05, 0.1) is 6.17 Å². The predicted octanol–water partition coefficient (Wildman–Crippen LogP) is 4.15. The first-order chi connectivity index (χ1) is 8.89.